The molecule has 2 unspecified atom stereocenters. The molecule has 0 spiro atoms. The number of carbonyl (C=O) groups is 2. The first-order valence-corrected chi connectivity index (χ1v) is 3.83. The van der Waals surface area contributed by atoms with Gasteiger partial charge in [-0.25, -0.2) is 4.79 Å². The van der Waals surface area contributed by atoms with E-state index in [1.807, 2.05) is 0 Å². The van der Waals surface area contributed by atoms with Gasteiger partial charge in [0, 0.05) is 6.54 Å². The molecule has 68 valence electrons. The Balaban J connectivity index is 2.55. The Morgan fingerprint density at radius 2 is 2.25 bits per heavy atom. The number of hydrogen-bond donors (Lipinski definition) is 2. The number of carbonyl (C=O) groups excluding carboxylic acids is 1. The number of nitrogens with zero attached hydrogens (tertiary/aromatic N) is 1. The van der Waals surface area contributed by atoms with Crippen molar-refractivity contribution in [2.24, 2.45) is 5.73 Å². The highest BCUT2D eigenvalue weighted by Crippen LogP contribution is 2.18. The molecule has 1 rings (SSSR count). The van der Waals surface area contributed by atoms with Crippen molar-refractivity contribution >= 4 is 11.9 Å². The van der Waals surface area contributed by atoms with Crippen LogP contribution in [0.3, 0.4) is 0 Å². The number of nitrogens with two attached hydrogens (primary N) is 1. The van der Waals surface area contributed by atoms with Gasteiger partial charge in [0.05, 0.1) is 12.1 Å². The lowest BCUT2D eigenvalue weighted by Crippen LogP contribution is -2.57. The fourth-order valence-corrected chi connectivity index (χ4v) is 1.22. The van der Waals surface area contributed by atoms with E-state index in [2.05, 4.69) is 0 Å². The largest absolute Gasteiger partial charge is 0.465 e. The summed E-state index contributed by atoms with van der Waals surface area (Å²) in [4.78, 5) is 22.8. The predicted octanol–water partition coefficient (Wildman–Crippen LogP) is -0.345. The topological polar surface area (TPSA) is 83.6 Å². The predicted molar refractivity (Wildman–Crippen MR) is 41.8 cm³/mol. The SMILES string of the molecule is CC(N)C(=O)C1CCN1C(=O)O. The summed E-state index contributed by atoms with van der Waals surface area (Å²) in [5.41, 5.74) is 5.34. The Morgan fingerprint density at radius 3 is 2.50 bits per heavy atom. The molecule has 0 bridgehead atoms. The Hall–Kier alpha value is -1.10. The quantitative estimate of drug-likeness (QED) is 0.596. The third-order valence-electron chi connectivity index (χ3n) is 2.04. The molecule has 1 fully saturated rings. The second-order valence-electron chi connectivity index (χ2n) is 2.97. The number of carboxylic acid groups (broad SMARTS) is 1. The number of likely N-dealkylation sites (tertiary alicyclic amines) is 1. The molecule has 1 aliphatic heterocycles. The normalized spacial score (nSPS) is 24.5. The highest BCUT2D eigenvalue weighted by atomic mass is 16.4. The van der Waals surface area contributed by atoms with Gasteiger partial charge in [-0.2, -0.15) is 0 Å². The summed E-state index contributed by atoms with van der Waals surface area (Å²) in [6.07, 6.45) is -0.438. The zero-order valence-electron chi connectivity index (χ0n) is 6.86. The molecular weight excluding hydrogens is 160 g/mol. The molecule has 0 saturated carbocycles. The first-order valence-electron chi connectivity index (χ1n) is 3.83. The molecule has 3 N–H and O–H groups in total. The van der Waals surface area contributed by atoms with Gasteiger partial charge in [-0.05, 0) is 13.3 Å². The van der Waals surface area contributed by atoms with E-state index >= 15 is 0 Å². The lowest BCUT2D eigenvalue weighted by atomic mass is 9.96. The van der Waals surface area contributed by atoms with Gasteiger partial charge in [0.2, 0.25) is 0 Å². The summed E-state index contributed by atoms with van der Waals surface area (Å²) >= 11 is 0. The molecule has 0 aromatic carbocycles. The number of rotatable bonds is 2. The van der Waals surface area contributed by atoms with Gasteiger partial charge in [0.25, 0.3) is 0 Å². The van der Waals surface area contributed by atoms with E-state index in [1.165, 1.54) is 0 Å². The van der Waals surface area contributed by atoms with Gasteiger partial charge in [-0.3, -0.25) is 9.69 Å². The standard InChI is InChI=1S/C7H12N2O3/c1-4(8)6(10)5-2-3-9(5)7(11)12/h4-5H,2-3,8H2,1H3,(H,11,12). The van der Waals surface area contributed by atoms with Gasteiger partial charge >= 0.3 is 6.09 Å². The van der Waals surface area contributed by atoms with Crippen molar-refractivity contribution in [2.45, 2.75) is 25.4 Å². The molecule has 1 amide bonds. The van der Waals surface area contributed by atoms with Crippen molar-refractivity contribution in [3.63, 3.8) is 0 Å². The minimum absolute atomic E-state index is 0.191. The van der Waals surface area contributed by atoms with Crippen LogP contribution in [-0.2, 0) is 4.79 Å². The summed E-state index contributed by atoms with van der Waals surface area (Å²) in [5.74, 6) is -0.191. The summed E-state index contributed by atoms with van der Waals surface area (Å²) in [6.45, 7) is 2.01. The Bertz CT molecular complexity index is 215. The van der Waals surface area contributed by atoms with E-state index in [0.29, 0.717) is 13.0 Å². The molecule has 12 heavy (non-hydrogen) atoms. The monoisotopic (exact) mass is 172 g/mol. The first kappa shape index (κ1) is 8.99. The summed E-state index contributed by atoms with van der Waals surface area (Å²) in [7, 11) is 0. The molecule has 1 aliphatic rings. The minimum atomic E-state index is -1.04. The lowest BCUT2D eigenvalue weighted by molar-refractivity contribution is -0.128. The zero-order chi connectivity index (χ0) is 9.30. The number of Topliss-reactive ketones (excluding diaryl/α,β-unsaturated/α-hetero) is 1. The maximum atomic E-state index is 11.2. The molecule has 0 aliphatic carbocycles. The molecule has 0 aromatic heterocycles. The average Bonchev–Trinajstić information content (AvgIpc) is 1.82. The van der Waals surface area contributed by atoms with Crippen molar-refractivity contribution in [1.29, 1.82) is 0 Å². The minimum Gasteiger partial charge on any atom is -0.465 e. The van der Waals surface area contributed by atoms with Gasteiger partial charge in [0.1, 0.15) is 0 Å². The summed E-state index contributed by atoms with van der Waals surface area (Å²) in [5, 5.41) is 8.57. The van der Waals surface area contributed by atoms with Crippen LogP contribution < -0.4 is 5.73 Å². The van der Waals surface area contributed by atoms with Crippen LogP contribution in [0.25, 0.3) is 0 Å². The number of amides is 1. The highest BCUT2D eigenvalue weighted by Gasteiger charge is 2.38. The van der Waals surface area contributed by atoms with Crippen LogP contribution in [-0.4, -0.2) is 40.5 Å². The van der Waals surface area contributed by atoms with Crippen LogP contribution in [0.5, 0.6) is 0 Å². The Morgan fingerprint density at radius 1 is 1.67 bits per heavy atom. The van der Waals surface area contributed by atoms with Gasteiger partial charge in [-0.15, -0.1) is 0 Å². The lowest BCUT2D eigenvalue weighted by Gasteiger charge is -2.38. The summed E-state index contributed by atoms with van der Waals surface area (Å²) < 4.78 is 0. The molecule has 1 heterocycles. The smallest absolute Gasteiger partial charge is 0.407 e. The third kappa shape index (κ3) is 1.40. The second kappa shape index (κ2) is 3.10. The number of hydrogen-bond acceptors (Lipinski definition) is 3. The van der Waals surface area contributed by atoms with Crippen molar-refractivity contribution < 1.29 is 14.7 Å². The van der Waals surface area contributed by atoms with E-state index in [0.717, 1.165) is 4.90 Å². The van der Waals surface area contributed by atoms with E-state index in [-0.39, 0.29) is 5.78 Å². The van der Waals surface area contributed by atoms with Crippen LogP contribution in [0.2, 0.25) is 0 Å². The zero-order valence-corrected chi connectivity index (χ0v) is 6.86. The van der Waals surface area contributed by atoms with Crippen LogP contribution in [0.15, 0.2) is 0 Å². The van der Waals surface area contributed by atoms with Crippen LogP contribution >= 0.6 is 0 Å². The van der Waals surface area contributed by atoms with Crippen LogP contribution in [0, 0.1) is 0 Å². The molecule has 5 heteroatoms. The van der Waals surface area contributed by atoms with Crippen molar-refractivity contribution in [2.75, 3.05) is 6.54 Å². The van der Waals surface area contributed by atoms with E-state index in [1.54, 1.807) is 6.92 Å². The molecule has 2 atom stereocenters. The molecule has 0 aromatic rings. The molecule has 1 saturated heterocycles. The van der Waals surface area contributed by atoms with Crippen molar-refractivity contribution in [3.05, 3.63) is 0 Å². The average molecular weight is 172 g/mol. The molecular formula is C7H12N2O3. The van der Waals surface area contributed by atoms with E-state index in [4.69, 9.17) is 10.8 Å². The Labute approximate surface area is 70.1 Å². The first-order chi connectivity index (χ1) is 5.54. The van der Waals surface area contributed by atoms with Gasteiger partial charge in [-0.1, -0.05) is 0 Å². The maximum Gasteiger partial charge on any atom is 0.407 e. The second-order valence-corrected chi connectivity index (χ2v) is 2.97. The van der Waals surface area contributed by atoms with E-state index < -0.39 is 18.2 Å². The molecule has 0 radical (unpaired) electrons. The molecule has 5 nitrogen and oxygen atoms in total. The van der Waals surface area contributed by atoms with Crippen LogP contribution in [0.1, 0.15) is 13.3 Å². The van der Waals surface area contributed by atoms with Crippen molar-refractivity contribution in [1.82, 2.24) is 4.90 Å². The third-order valence-corrected chi connectivity index (χ3v) is 2.04. The highest BCUT2D eigenvalue weighted by molar-refractivity contribution is 5.92. The van der Waals surface area contributed by atoms with E-state index in [9.17, 15) is 9.59 Å². The fourth-order valence-electron chi connectivity index (χ4n) is 1.22. The van der Waals surface area contributed by atoms with Crippen LogP contribution in [0.4, 0.5) is 4.79 Å². The fraction of sp³-hybridized carbons (Fsp3) is 0.714. The maximum absolute atomic E-state index is 11.2. The number of ketones is 1. The van der Waals surface area contributed by atoms with Gasteiger partial charge in [0.15, 0.2) is 5.78 Å². The van der Waals surface area contributed by atoms with Crippen molar-refractivity contribution in [3.8, 4) is 0 Å². The van der Waals surface area contributed by atoms with Gasteiger partial charge < -0.3 is 10.8 Å². The Kier molecular flexibility index (Phi) is 2.32. The summed E-state index contributed by atoms with van der Waals surface area (Å²) in [6, 6.07) is -1.07.